The van der Waals surface area contributed by atoms with Gasteiger partial charge in [0.05, 0.1) is 51.2 Å². The first kappa shape index (κ1) is 33.2. The molecule has 30 heavy (non-hydrogen) atoms. The molecule has 0 radical (unpaired) electrons. The summed E-state index contributed by atoms with van der Waals surface area (Å²) in [7, 11) is 0. The summed E-state index contributed by atoms with van der Waals surface area (Å²) >= 11 is 0. The highest BCUT2D eigenvalue weighted by molar-refractivity contribution is 5.87. The molecule has 0 saturated carbocycles. The number of unbranched alkanes of at least 4 members (excludes halogenated alkanes) is 6. The Bertz CT molecular complexity index is 357. The van der Waals surface area contributed by atoms with E-state index in [0.29, 0.717) is 12.2 Å². The van der Waals surface area contributed by atoms with Crippen molar-refractivity contribution in [2.75, 3.05) is 39.3 Å². The zero-order valence-corrected chi connectivity index (χ0v) is 20.7. The summed E-state index contributed by atoms with van der Waals surface area (Å²) in [6, 6.07) is 0. The number of aliphatic carboxylic acids is 2. The van der Waals surface area contributed by atoms with E-state index in [1.54, 1.807) is 9.80 Å². The van der Waals surface area contributed by atoms with Crippen molar-refractivity contribution in [1.82, 2.24) is 0 Å². The van der Waals surface area contributed by atoms with Gasteiger partial charge in [-0.1, -0.05) is 39.5 Å². The van der Waals surface area contributed by atoms with Gasteiger partial charge in [-0.15, -0.1) is 0 Å². The first-order chi connectivity index (χ1) is 14.3. The molecule has 0 aliphatic carbocycles. The first-order valence-corrected chi connectivity index (χ1v) is 12.1. The van der Waals surface area contributed by atoms with Gasteiger partial charge < -0.3 is 29.6 Å². The highest BCUT2D eigenvalue weighted by Crippen LogP contribution is 1.96. The molecule has 0 bridgehead atoms. The monoisotopic (exact) mass is 430 g/mol. The Hall–Kier alpha value is -1.40. The van der Waals surface area contributed by atoms with Crippen molar-refractivity contribution in [2.45, 2.75) is 92.9 Å². The van der Waals surface area contributed by atoms with Crippen LogP contribution in [0.1, 0.15) is 92.9 Å². The van der Waals surface area contributed by atoms with Crippen molar-refractivity contribution in [1.29, 1.82) is 0 Å². The van der Waals surface area contributed by atoms with E-state index in [4.69, 9.17) is 0 Å². The highest BCUT2D eigenvalue weighted by Gasteiger charge is 2.00. The van der Waals surface area contributed by atoms with Gasteiger partial charge in [0.25, 0.3) is 0 Å². The second-order valence-corrected chi connectivity index (χ2v) is 7.51. The summed E-state index contributed by atoms with van der Waals surface area (Å²) in [5, 5.41) is 18.8. The number of rotatable bonds is 16. The Morgan fingerprint density at radius 3 is 1.07 bits per heavy atom. The van der Waals surface area contributed by atoms with Gasteiger partial charge in [-0.05, 0) is 65.5 Å². The molecule has 6 nitrogen and oxygen atoms in total. The van der Waals surface area contributed by atoms with Crippen LogP contribution in [-0.4, -0.2) is 51.2 Å². The average molecular weight is 431 g/mol. The van der Waals surface area contributed by atoms with Gasteiger partial charge >= 0.3 is 0 Å². The number of carboxylic acid groups (broad SMARTS) is 2. The van der Waals surface area contributed by atoms with E-state index in [0.717, 1.165) is 0 Å². The van der Waals surface area contributed by atoms with Crippen molar-refractivity contribution >= 4 is 11.9 Å². The van der Waals surface area contributed by atoms with E-state index in [1.807, 2.05) is 0 Å². The fourth-order valence-corrected chi connectivity index (χ4v) is 2.95. The van der Waals surface area contributed by atoms with Crippen LogP contribution in [0.25, 0.3) is 0 Å². The molecule has 0 amide bonds. The summed E-state index contributed by atoms with van der Waals surface area (Å²) in [5.41, 5.74) is 0. The van der Waals surface area contributed by atoms with Crippen LogP contribution in [0.4, 0.5) is 0 Å². The van der Waals surface area contributed by atoms with Crippen LogP contribution in [0.5, 0.6) is 0 Å². The molecule has 0 fully saturated rings. The molecule has 0 aromatic heterocycles. The minimum absolute atomic E-state index is 0.384. The molecule has 0 unspecified atom stereocenters. The molecule has 0 rings (SSSR count). The lowest BCUT2D eigenvalue weighted by molar-refractivity contribution is -0.896. The molecule has 0 aromatic carbocycles. The van der Waals surface area contributed by atoms with Crippen molar-refractivity contribution in [2.24, 2.45) is 0 Å². The van der Waals surface area contributed by atoms with Gasteiger partial charge in [-0.3, -0.25) is 0 Å². The molecule has 6 heteroatoms. The second-order valence-electron chi connectivity index (χ2n) is 7.51. The number of nitrogens with one attached hydrogen (secondary N) is 2. The van der Waals surface area contributed by atoms with Crippen LogP contribution in [0, 0.1) is 0 Å². The minimum atomic E-state index is -1.55. The summed E-state index contributed by atoms with van der Waals surface area (Å²) in [6.07, 6.45) is 12.0. The standard InChI is InChI=1S/2C10H23N.C4H4O4/c2*1-4-7-8-9-10-11(5-2)6-3;5-3(6)1-2-4(7)8/h2*4-10H2,1-3H3;1-2H,(H,5,6)(H,7,8)/b;;2-1-. The largest absolute Gasteiger partial charge is 0.545 e. The lowest BCUT2D eigenvalue weighted by Gasteiger charge is -2.14. The predicted molar refractivity (Wildman–Crippen MR) is 121 cm³/mol. The smallest absolute Gasteiger partial charge is 0.0770 e. The van der Waals surface area contributed by atoms with Gasteiger partial charge in [-0.2, -0.15) is 0 Å². The Morgan fingerprint density at radius 1 is 0.567 bits per heavy atom. The predicted octanol–water partition coefficient (Wildman–Crippen LogP) is 0.0252. The molecule has 0 spiro atoms. The Labute approximate surface area is 186 Å². The molecule has 180 valence electrons. The third-order valence-electron chi connectivity index (χ3n) is 5.12. The van der Waals surface area contributed by atoms with E-state index < -0.39 is 11.9 Å². The number of quaternary nitrogens is 2. The van der Waals surface area contributed by atoms with Crippen molar-refractivity contribution in [3.05, 3.63) is 12.2 Å². The third kappa shape index (κ3) is 31.3. The van der Waals surface area contributed by atoms with E-state index >= 15 is 0 Å². The average Bonchev–Trinajstić information content (AvgIpc) is 2.73. The zero-order valence-electron chi connectivity index (χ0n) is 20.7. The number of carbonyl (C=O) groups is 2. The maximum absolute atomic E-state index is 9.41. The Balaban J connectivity index is -0.000000370. The van der Waals surface area contributed by atoms with Gasteiger partial charge in [0.1, 0.15) is 0 Å². The molecule has 2 N–H and O–H groups in total. The molecule has 0 aliphatic rings. The molecule has 0 aromatic rings. The van der Waals surface area contributed by atoms with Gasteiger partial charge in [-0.25, -0.2) is 0 Å². The minimum Gasteiger partial charge on any atom is -0.545 e. The summed E-state index contributed by atoms with van der Waals surface area (Å²) in [4.78, 5) is 22.3. The topological polar surface area (TPSA) is 89.1 Å². The summed E-state index contributed by atoms with van der Waals surface area (Å²) in [6.45, 7) is 21.6. The molecule has 0 aliphatic heterocycles. The summed E-state index contributed by atoms with van der Waals surface area (Å²) in [5.74, 6) is -3.09. The van der Waals surface area contributed by atoms with Gasteiger partial charge in [0, 0.05) is 0 Å². The molecule has 0 saturated heterocycles. The van der Waals surface area contributed by atoms with Crippen molar-refractivity contribution in [3.63, 3.8) is 0 Å². The van der Waals surface area contributed by atoms with Crippen LogP contribution in [0.2, 0.25) is 0 Å². The summed E-state index contributed by atoms with van der Waals surface area (Å²) < 4.78 is 0. The highest BCUT2D eigenvalue weighted by atomic mass is 16.4. The Kier molecular flexibility index (Phi) is 30.6. The fourth-order valence-electron chi connectivity index (χ4n) is 2.95. The number of carbonyl (C=O) groups excluding carboxylic acids is 2. The maximum atomic E-state index is 9.41. The van der Waals surface area contributed by atoms with Crippen LogP contribution in [0.3, 0.4) is 0 Å². The number of carboxylic acids is 2. The van der Waals surface area contributed by atoms with Crippen LogP contribution < -0.4 is 20.0 Å². The molecule has 0 atom stereocenters. The lowest BCUT2D eigenvalue weighted by Crippen LogP contribution is -3.11. The Morgan fingerprint density at radius 2 is 0.867 bits per heavy atom. The van der Waals surface area contributed by atoms with Crippen molar-refractivity contribution < 1.29 is 29.6 Å². The fraction of sp³-hybridized carbons (Fsp3) is 0.833. The number of hydrogen-bond acceptors (Lipinski definition) is 4. The van der Waals surface area contributed by atoms with E-state index in [9.17, 15) is 19.8 Å². The van der Waals surface area contributed by atoms with Crippen LogP contribution >= 0.6 is 0 Å². The van der Waals surface area contributed by atoms with E-state index in [2.05, 4.69) is 41.5 Å². The third-order valence-corrected chi connectivity index (χ3v) is 5.12. The lowest BCUT2D eigenvalue weighted by atomic mass is 10.2. The van der Waals surface area contributed by atoms with Crippen LogP contribution in [-0.2, 0) is 9.59 Å². The maximum Gasteiger partial charge on any atom is 0.0770 e. The quantitative estimate of drug-likeness (QED) is 0.267. The van der Waals surface area contributed by atoms with E-state index in [1.165, 1.54) is 90.6 Å². The molecule has 0 heterocycles. The number of hydrogen-bond donors (Lipinski definition) is 2. The van der Waals surface area contributed by atoms with Gasteiger partial charge in [0.15, 0.2) is 0 Å². The zero-order chi connectivity index (χ0) is 23.6. The van der Waals surface area contributed by atoms with Crippen LogP contribution in [0.15, 0.2) is 12.2 Å². The first-order valence-electron chi connectivity index (χ1n) is 12.1. The SMILES string of the molecule is CCCCCC[NH+](CC)CC.CCCCCC[NH+](CC)CC.O=C([O-])/C=C\C(=O)[O-]. The molecular formula is C24H50N2O4. The van der Waals surface area contributed by atoms with Gasteiger partial charge in [0.2, 0.25) is 0 Å². The molecular weight excluding hydrogens is 380 g/mol. The van der Waals surface area contributed by atoms with Crippen molar-refractivity contribution in [3.8, 4) is 0 Å². The second kappa shape index (κ2) is 27.6. The van der Waals surface area contributed by atoms with E-state index in [-0.39, 0.29) is 0 Å². The normalized spacial score (nSPS) is 10.5.